The summed E-state index contributed by atoms with van der Waals surface area (Å²) in [5.74, 6) is -0.343. The minimum Gasteiger partial charge on any atom is -0.324 e. The summed E-state index contributed by atoms with van der Waals surface area (Å²) in [4.78, 5) is 14.3. The molecular formula is C9H8BrF3N2O. The monoisotopic (exact) mass is 296 g/mol. The predicted octanol–water partition coefficient (Wildman–Crippen LogP) is 2.74. The first-order valence-corrected chi connectivity index (χ1v) is 5.36. The first-order chi connectivity index (χ1) is 7.34. The van der Waals surface area contributed by atoms with Gasteiger partial charge in [0.25, 0.3) is 0 Å². The molecule has 16 heavy (non-hydrogen) atoms. The molecule has 88 valence electrons. The van der Waals surface area contributed by atoms with E-state index in [2.05, 4.69) is 26.2 Å². The van der Waals surface area contributed by atoms with Crippen LogP contribution in [0, 0.1) is 6.92 Å². The fourth-order valence-corrected chi connectivity index (χ4v) is 1.17. The fraction of sp³-hybridized carbons (Fsp3) is 0.333. The molecule has 0 radical (unpaired) electrons. The molecule has 0 bridgehead atoms. The number of aryl methyl sites for hydroxylation is 1. The Morgan fingerprint density at radius 1 is 1.56 bits per heavy atom. The lowest BCUT2D eigenvalue weighted by Gasteiger charge is -2.10. The summed E-state index contributed by atoms with van der Waals surface area (Å²) < 4.78 is 36.8. The Labute approximate surface area is 98.2 Å². The van der Waals surface area contributed by atoms with E-state index < -0.39 is 11.9 Å². The van der Waals surface area contributed by atoms with Gasteiger partial charge in [-0.15, -0.1) is 0 Å². The highest BCUT2D eigenvalue weighted by Crippen LogP contribution is 2.29. The number of rotatable bonds is 2. The smallest absolute Gasteiger partial charge is 0.324 e. The van der Waals surface area contributed by atoms with Crippen molar-refractivity contribution in [1.82, 2.24) is 4.98 Å². The summed E-state index contributed by atoms with van der Waals surface area (Å²) in [6, 6.07) is 0.893. The van der Waals surface area contributed by atoms with Gasteiger partial charge in [-0.05, 0) is 18.6 Å². The first kappa shape index (κ1) is 13.0. The topological polar surface area (TPSA) is 42.0 Å². The maximum Gasteiger partial charge on any atom is 0.433 e. The van der Waals surface area contributed by atoms with E-state index in [-0.39, 0.29) is 16.9 Å². The predicted molar refractivity (Wildman–Crippen MR) is 56.4 cm³/mol. The molecule has 0 aromatic carbocycles. The van der Waals surface area contributed by atoms with Crippen LogP contribution in [0.25, 0.3) is 0 Å². The van der Waals surface area contributed by atoms with Gasteiger partial charge in [-0.3, -0.25) is 4.79 Å². The zero-order chi connectivity index (χ0) is 12.3. The highest BCUT2D eigenvalue weighted by atomic mass is 79.9. The summed E-state index contributed by atoms with van der Waals surface area (Å²) >= 11 is 2.93. The van der Waals surface area contributed by atoms with Crippen LogP contribution in [0.3, 0.4) is 0 Å². The van der Waals surface area contributed by atoms with E-state index in [1.807, 2.05) is 0 Å². The molecule has 1 aromatic rings. The standard InChI is InChI=1S/C9H8BrF3N2O/c1-5-2-7(9(11,12)13)14-4-6(5)15-8(16)3-10/h2,4H,3H2,1H3,(H,15,16). The van der Waals surface area contributed by atoms with E-state index in [1.165, 1.54) is 6.92 Å². The zero-order valence-corrected chi connectivity index (χ0v) is 9.82. The van der Waals surface area contributed by atoms with Crippen molar-refractivity contribution in [2.24, 2.45) is 0 Å². The van der Waals surface area contributed by atoms with Gasteiger partial charge in [0, 0.05) is 0 Å². The lowest BCUT2D eigenvalue weighted by Crippen LogP contribution is -2.15. The average Bonchev–Trinajstić information content (AvgIpc) is 2.19. The van der Waals surface area contributed by atoms with Crippen LogP contribution < -0.4 is 5.32 Å². The lowest BCUT2D eigenvalue weighted by molar-refractivity contribution is -0.141. The van der Waals surface area contributed by atoms with Crippen LogP contribution in [0.2, 0.25) is 0 Å². The van der Waals surface area contributed by atoms with Crippen molar-refractivity contribution in [2.45, 2.75) is 13.1 Å². The number of aromatic nitrogens is 1. The third kappa shape index (κ3) is 3.19. The lowest BCUT2D eigenvalue weighted by atomic mass is 10.2. The van der Waals surface area contributed by atoms with Gasteiger partial charge < -0.3 is 5.32 Å². The molecule has 0 spiro atoms. The second-order valence-electron chi connectivity index (χ2n) is 3.06. The number of anilines is 1. The molecule has 0 aliphatic carbocycles. The van der Waals surface area contributed by atoms with Gasteiger partial charge in [0.2, 0.25) is 5.91 Å². The van der Waals surface area contributed by atoms with E-state index >= 15 is 0 Å². The van der Waals surface area contributed by atoms with Crippen LogP contribution >= 0.6 is 15.9 Å². The normalized spacial score (nSPS) is 11.3. The number of alkyl halides is 4. The summed E-state index contributed by atoms with van der Waals surface area (Å²) in [5, 5.41) is 2.50. The summed E-state index contributed by atoms with van der Waals surface area (Å²) in [6.45, 7) is 1.47. The number of carbonyl (C=O) groups is 1. The van der Waals surface area contributed by atoms with Crippen molar-refractivity contribution >= 4 is 27.5 Å². The number of pyridine rings is 1. The maximum absolute atomic E-state index is 12.3. The zero-order valence-electron chi connectivity index (χ0n) is 8.23. The molecule has 0 unspecified atom stereocenters. The molecule has 3 nitrogen and oxygen atoms in total. The van der Waals surface area contributed by atoms with Gasteiger partial charge >= 0.3 is 6.18 Å². The number of carbonyl (C=O) groups excluding carboxylic acids is 1. The Hall–Kier alpha value is -1.11. The molecular weight excluding hydrogens is 289 g/mol. The quantitative estimate of drug-likeness (QED) is 0.853. The van der Waals surface area contributed by atoms with Gasteiger partial charge in [0.05, 0.1) is 17.2 Å². The first-order valence-electron chi connectivity index (χ1n) is 4.24. The molecule has 1 rings (SSSR count). The van der Waals surface area contributed by atoms with Crippen LogP contribution in [0.4, 0.5) is 18.9 Å². The van der Waals surface area contributed by atoms with Gasteiger partial charge in [0.15, 0.2) is 0 Å². The van der Waals surface area contributed by atoms with Crippen LogP contribution in [0.5, 0.6) is 0 Å². The second-order valence-corrected chi connectivity index (χ2v) is 3.62. The van der Waals surface area contributed by atoms with Crippen molar-refractivity contribution in [3.8, 4) is 0 Å². The summed E-state index contributed by atoms with van der Waals surface area (Å²) in [7, 11) is 0. The Kier molecular flexibility index (Phi) is 3.90. The van der Waals surface area contributed by atoms with Crippen molar-refractivity contribution in [3.05, 3.63) is 23.5 Å². The fourth-order valence-electron chi connectivity index (χ4n) is 1.03. The van der Waals surface area contributed by atoms with Crippen molar-refractivity contribution < 1.29 is 18.0 Å². The number of nitrogens with zero attached hydrogens (tertiary/aromatic N) is 1. The van der Waals surface area contributed by atoms with Crippen LogP contribution in [-0.2, 0) is 11.0 Å². The third-order valence-corrected chi connectivity index (χ3v) is 2.31. The van der Waals surface area contributed by atoms with Crippen LogP contribution in [0.15, 0.2) is 12.3 Å². The number of hydrogen-bond donors (Lipinski definition) is 1. The van der Waals surface area contributed by atoms with E-state index in [0.717, 1.165) is 12.3 Å². The number of hydrogen-bond acceptors (Lipinski definition) is 2. The molecule has 1 N–H and O–H groups in total. The largest absolute Gasteiger partial charge is 0.433 e. The molecule has 0 fully saturated rings. The number of halogens is 4. The van der Waals surface area contributed by atoms with Crippen LogP contribution in [-0.4, -0.2) is 16.2 Å². The highest BCUT2D eigenvalue weighted by molar-refractivity contribution is 9.09. The average molecular weight is 297 g/mol. The number of amides is 1. The molecule has 1 heterocycles. The Morgan fingerprint density at radius 3 is 2.62 bits per heavy atom. The minimum absolute atomic E-state index is 0.0768. The molecule has 7 heteroatoms. The third-order valence-electron chi connectivity index (χ3n) is 1.80. The Balaban J connectivity index is 2.96. The molecule has 0 atom stereocenters. The summed E-state index contributed by atoms with van der Waals surface area (Å²) in [5.41, 5.74) is -0.379. The van der Waals surface area contributed by atoms with Gasteiger partial charge in [-0.1, -0.05) is 15.9 Å². The van der Waals surface area contributed by atoms with E-state index in [4.69, 9.17) is 0 Å². The molecule has 0 saturated carbocycles. The molecule has 0 aliphatic rings. The van der Waals surface area contributed by atoms with E-state index in [9.17, 15) is 18.0 Å². The Morgan fingerprint density at radius 2 is 2.19 bits per heavy atom. The maximum atomic E-state index is 12.3. The highest BCUT2D eigenvalue weighted by Gasteiger charge is 2.32. The molecule has 0 saturated heterocycles. The summed E-state index contributed by atoms with van der Waals surface area (Å²) in [6.07, 6.45) is -3.47. The van der Waals surface area contributed by atoms with Crippen molar-refractivity contribution in [1.29, 1.82) is 0 Å². The second kappa shape index (κ2) is 4.82. The molecule has 0 aliphatic heterocycles. The number of nitrogens with one attached hydrogen (secondary N) is 1. The van der Waals surface area contributed by atoms with Gasteiger partial charge in [-0.2, -0.15) is 13.2 Å². The molecule has 1 aromatic heterocycles. The van der Waals surface area contributed by atoms with Crippen molar-refractivity contribution in [2.75, 3.05) is 10.6 Å². The van der Waals surface area contributed by atoms with Gasteiger partial charge in [-0.25, -0.2) is 4.98 Å². The minimum atomic E-state index is -4.47. The Bertz CT molecular complexity index is 406. The van der Waals surface area contributed by atoms with Gasteiger partial charge in [0.1, 0.15) is 5.69 Å². The van der Waals surface area contributed by atoms with Crippen molar-refractivity contribution in [3.63, 3.8) is 0 Å². The van der Waals surface area contributed by atoms with E-state index in [1.54, 1.807) is 0 Å². The molecule has 1 amide bonds. The van der Waals surface area contributed by atoms with E-state index in [0.29, 0.717) is 5.56 Å². The SMILES string of the molecule is Cc1cc(C(F)(F)F)ncc1NC(=O)CBr. The van der Waals surface area contributed by atoms with Crippen LogP contribution in [0.1, 0.15) is 11.3 Å².